The smallest absolute Gasteiger partial charge is 0.241 e. The topological polar surface area (TPSA) is 69.8 Å². The second kappa shape index (κ2) is 4.18. The molecule has 0 bridgehead atoms. The van der Waals surface area contributed by atoms with E-state index >= 15 is 0 Å². The Balaban J connectivity index is 1.77. The molecule has 0 radical (unpaired) electrons. The lowest BCUT2D eigenvalue weighted by atomic mass is 10.2. The summed E-state index contributed by atoms with van der Waals surface area (Å²) < 4.78 is 0. The first-order chi connectivity index (χ1) is 8.33. The quantitative estimate of drug-likeness (QED) is 0.727. The molecule has 5 heteroatoms. The van der Waals surface area contributed by atoms with Crippen molar-refractivity contribution in [3.05, 3.63) is 24.4 Å². The Hall–Kier alpha value is -1.88. The number of aromatic nitrogens is 2. The number of carbonyl (C=O) groups is 1. The molecule has 0 spiro atoms. The fourth-order valence-corrected chi connectivity index (χ4v) is 2.15. The summed E-state index contributed by atoms with van der Waals surface area (Å²) in [6.07, 6.45) is 3.75. The number of nitrogens with zero attached hydrogens (tertiary/aromatic N) is 1. The standard InChI is InChI=1S/C12H14N4O/c17-12(10-2-1-5-13-10)15-9-4-3-8-7-14-16-11(8)6-9/h3-4,6-7,10,13H,1-2,5H2,(H,14,16)(H,15,17)/t10-/m0/s1. The number of hydrogen-bond acceptors (Lipinski definition) is 3. The van der Waals surface area contributed by atoms with Crippen LogP contribution in [0.4, 0.5) is 5.69 Å². The molecule has 1 atom stereocenters. The van der Waals surface area contributed by atoms with E-state index in [2.05, 4.69) is 20.8 Å². The highest BCUT2D eigenvalue weighted by Crippen LogP contribution is 2.17. The second-order valence-electron chi connectivity index (χ2n) is 4.31. The van der Waals surface area contributed by atoms with Gasteiger partial charge < -0.3 is 10.6 Å². The molecule has 0 unspecified atom stereocenters. The maximum Gasteiger partial charge on any atom is 0.241 e. The molecule has 3 rings (SSSR count). The molecule has 3 N–H and O–H groups in total. The highest BCUT2D eigenvalue weighted by molar-refractivity contribution is 5.96. The van der Waals surface area contributed by atoms with E-state index in [-0.39, 0.29) is 11.9 Å². The molecule has 17 heavy (non-hydrogen) atoms. The van der Waals surface area contributed by atoms with Gasteiger partial charge in [-0.15, -0.1) is 0 Å². The van der Waals surface area contributed by atoms with E-state index in [1.165, 1.54) is 0 Å². The number of rotatable bonds is 2. The monoisotopic (exact) mass is 230 g/mol. The summed E-state index contributed by atoms with van der Waals surface area (Å²) in [5, 5.41) is 14.0. The van der Waals surface area contributed by atoms with Crippen LogP contribution in [-0.2, 0) is 4.79 Å². The Morgan fingerprint density at radius 1 is 1.47 bits per heavy atom. The van der Waals surface area contributed by atoms with Crippen molar-refractivity contribution in [2.45, 2.75) is 18.9 Å². The molecule has 1 aromatic heterocycles. The number of H-pyrrole nitrogens is 1. The van der Waals surface area contributed by atoms with E-state index in [1.807, 2.05) is 18.2 Å². The Bertz CT molecular complexity index is 542. The summed E-state index contributed by atoms with van der Waals surface area (Å²) >= 11 is 0. The lowest BCUT2D eigenvalue weighted by Gasteiger charge is -2.10. The van der Waals surface area contributed by atoms with Crippen LogP contribution in [0.3, 0.4) is 0 Å². The van der Waals surface area contributed by atoms with E-state index in [9.17, 15) is 4.79 Å². The lowest BCUT2D eigenvalue weighted by molar-refractivity contribution is -0.117. The minimum Gasteiger partial charge on any atom is -0.325 e. The Morgan fingerprint density at radius 2 is 2.41 bits per heavy atom. The van der Waals surface area contributed by atoms with Crippen molar-refractivity contribution in [3.8, 4) is 0 Å². The van der Waals surface area contributed by atoms with Gasteiger partial charge in [-0.05, 0) is 37.6 Å². The molecular weight excluding hydrogens is 216 g/mol. The van der Waals surface area contributed by atoms with Crippen LogP contribution in [0.15, 0.2) is 24.4 Å². The van der Waals surface area contributed by atoms with E-state index < -0.39 is 0 Å². The summed E-state index contributed by atoms with van der Waals surface area (Å²) in [4.78, 5) is 11.9. The summed E-state index contributed by atoms with van der Waals surface area (Å²) in [5.74, 6) is 0.0429. The summed E-state index contributed by atoms with van der Waals surface area (Å²) in [6, 6.07) is 5.68. The van der Waals surface area contributed by atoms with Crippen LogP contribution in [0.1, 0.15) is 12.8 Å². The molecular formula is C12H14N4O. The molecule has 0 aliphatic carbocycles. The number of benzene rings is 1. The zero-order chi connectivity index (χ0) is 11.7. The minimum absolute atomic E-state index is 0.0429. The predicted octanol–water partition coefficient (Wildman–Crippen LogP) is 1.25. The van der Waals surface area contributed by atoms with E-state index in [1.54, 1.807) is 6.20 Å². The molecule has 1 amide bonds. The van der Waals surface area contributed by atoms with Crippen LogP contribution in [-0.4, -0.2) is 28.7 Å². The lowest BCUT2D eigenvalue weighted by Crippen LogP contribution is -2.35. The van der Waals surface area contributed by atoms with Crippen molar-refractivity contribution in [2.75, 3.05) is 11.9 Å². The molecule has 1 saturated heterocycles. The van der Waals surface area contributed by atoms with Crippen LogP contribution in [0.5, 0.6) is 0 Å². The first kappa shape index (κ1) is 10.3. The number of nitrogens with one attached hydrogen (secondary N) is 3. The van der Waals surface area contributed by atoms with Crippen molar-refractivity contribution >= 4 is 22.5 Å². The third kappa shape index (κ3) is 2.01. The summed E-state index contributed by atoms with van der Waals surface area (Å²) in [6.45, 7) is 0.928. The zero-order valence-corrected chi connectivity index (χ0v) is 9.36. The molecule has 1 aliphatic rings. The second-order valence-corrected chi connectivity index (χ2v) is 4.31. The third-order valence-electron chi connectivity index (χ3n) is 3.09. The fourth-order valence-electron chi connectivity index (χ4n) is 2.15. The molecule has 1 aliphatic heterocycles. The largest absolute Gasteiger partial charge is 0.325 e. The first-order valence-corrected chi connectivity index (χ1v) is 5.80. The number of aromatic amines is 1. The van der Waals surface area contributed by atoms with E-state index in [0.717, 1.165) is 36.0 Å². The first-order valence-electron chi connectivity index (χ1n) is 5.80. The average molecular weight is 230 g/mol. The van der Waals surface area contributed by atoms with E-state index in [0.29, 0.717) is 0 Å². The average Bonchev–Trinajstić information content (AvgIpc) is 2.99. The highest BCUT2D eigenvalue weighted by Gasteiger charge is 2.21. The summed E-state index contributed by atoms with van der Waals surface area (Å²) in [7, 11) is 0. The van der Waals surface area contributed by atoms with Crippen LogP contribution in [0, 0.1) is 0 Å². The van der Waals surface area contributed by atoms with Gasteiger partial charge in [0.25, 0.3) is 0 Å². The maximum atomic E-state index is 11.9. The van der Waals surface area contributed by atoms with E-state index in [4.69, 9.17) is 0 Å². The number of anilines is 1. The van der Waals surface area contributed by atoms with Crippen molar-refractivity contribution in [1.29, 1.82) is 0 Å². The Labute approximate surface area is 98.6 Å². The van der Waals surface area contributed by atoms with Gasteiger partial charge in [-0.2, -0.15) is 5.10 Å². The molecule has 5 nitrogen and oxygen atoms in total. The van der Waals surface area contributed by atoms with Crippen LogP contribution in [0.25, 0.3) is 10.9 Å². The van der Waals surface area contributed by atoms with Crippen LogP contribution in [0.2, 0.25) is 0 Å². The predicted molar refractivity (Wildman–Crippen MR) is 65.7 cm³/mol. The summed E-state index contributed by atoms with van der Waals surface area (Å²) in [5.41, 5.74) is 1.74. The minimum atomic E-state index is -0.0486. The van der Waals surface area contributed by atoms with Crippen LogP contribution < -0.4 is 10.6 Å². The molecule has 2 aromatic rings. The van der Waals surface area contributed by atoms with Crippen molar-refractivity contribution < 1.29 is 4.79 Å². The maximum absolute atomic E-state index is 11.9. The van der Waals surface area contributed by atoms with Gasteiger partial charge in [-0.25, -0.2) is 0 Å². The van der Waals surface area contributed by atoms with Gasteiger partial charge >= 0.3 is 0 Å². The van der Waals surface area contributed by atoms with Gasteiger partial charge in [-0.3, -0.25) is 9.89 Å². The fraction of sp³-hybridized carbons (Fsp3) is 0.333. The Kier molecular flexibility index (Phi) is 2.53. The molecule has 0 saturated carbocycles. The molecule has 88 valence electrons. The highest BCUT2D eigenvalue weighted by atomic mass is 16.2. The van der Waals surface area contributed by atoms with Gasteiger partial charge in [0.1, 0.15) is 0 Å². The van der Waals surface area contributed by atoms with Crippen molar-refractivity contribution in [3.63, 3.8) is 0 Å². The molecule has 1 aromatic carbocycles. The van der Waals surface area contributed by atoms with Crippen LogP contribution >= 0.6 is 0 Å². The van der Waals surface area contributed by atoms with Gasteiger partial charge in [0.15, 0.2) is 0 Å². The van der Waals surface area contributed by atoms with Gasteiger partial charge in [0, 0.05) is 11.1 Å². The number of fused-ring (bicyclic) bond motifs is 1. The van der Waals surface area contributed by atoms with Crippen molar-refractivity contribution in [2.24, 2.45) is 0 Å². The number of amides is 1. The SMILES string of the molecule is O=C(Nc1ccc2cn[nH]c2c1)[C@@H]1CCCN1. The molecule has 2 heterocycles. The normalized spacial score (nSPS) is 19.6. The Morgan fingerprint density at radius 3 is 3.24 bits per heavy atom. The number of hydrogen-bond donors (Lipinski definition) is 3. The van der Waals surface area contributed by atoms with Gasteiger partial charge in [-0.1, -0.05) is 0 Å². The molecule has 1 fully saturated rings. The van der Waals surface area contributed by atoms with Crippen molar-refractivity contribution in [1.82, 2.24) is 15.5 Å². The number of carbonyl (C=O) groups excluding carboxylic acids is 1. The van der Waals surface area contributed by atoms with Gasteiger partial charge in [0.05, 0.1) is 17.8 Å². The van der Waals surface area contributed by atoms with Gasteiger partial charge in [0.2, 0.25) is 5.91 Å². The zero-order valence-electron chi connectivity index (χ0n) is 9.36. The third-order valence-corrected chi connectivity index (χ3v) is 3.09.